The summed E-state index contributed by atoms with van der Waals surface area (Å²) in [5.41, 5.74) is 0.524. The average molecular weight is 155 g/mol. The van der Waals surface area contributed by atoms with E-state index in [2.05, 4.69) is 40.1 Å². The summed E-state index contributed by atoms with van der Waals surface area (Å²) in [5.74, 6) is 1.88. The van der Waals surface area contributed by atoms with Crippen LogP contribution in [0.25, 0.3) is 0 Å². The first kappa shape index (κ1) is 9.05. The van der Waals surface area contributed by atoms with Gasteiger partial charge in [0.25, 0.3) is 0 Å². The van der Waals surface area contributed by atoms with Crippen LogP contribution in [0, 0.1) is 17.3 Å². The van der Waals surface area contributed by atoms with Gasteiger partial charge in [0.15, 0.2) is 0 Å². The highest BCUT2D eigenvalue weighted by atomic mass is 14.9. The van der Waals surface area contributed by atoms with Crippen molar-refractivity contribution in [1.29, 1.82) is 0 Å². The summed E-state index contributed by atoms with van der Waals surface area (Å²) in [5, 5.41) is 3.33. The Morgan fingerprint density at radius 3 is 2.18 bits per heavy atom. The minimum Gasteiger partial charge on any atom is -0.317 e. The highest BCUT2D eigenvalue weighted by Gasteiger charge is 2.47. The molecule has 1 N–H and O–H groups in total. The zero-order chi connectivity index (χ0) is 8.65. The van der Waals surface area contributed by atoms with Crippen molar-refractivity contribution >= 4 is 0 Å². The zero-order valence-corrected chi connectivity index (χ0v) is 8.44. The van der Waals surface area contributed by atoms with E-state index < -0.39 is 0 Å². The fourth-order valence-electron chi connectivity index (χ4n) is 1.98. The molecule has 1 heteroatoms. The largest absolute Gasteiger partial charge is 0.317 e. The molecule has 0 aromatic rings. The standard InChI is InChI=1S/C10H21N/c1-7(11-5)8-6-9(8)10(2,3)4/h7-9,11H,6H2,1-5H3. The van der Waals surface area contributed by atoms with Gasteiger partial charge in [-0.25, -0.2) is 0 Å². The Morgan fingerprint density at radius 1 is 1.36 bits per heavy atom. The maximum atomic E-state index is 3.33. The van der Waals surface area contributed by atoms with Gasteiger partial charge in [0.05, 0.1) is 0 Å². The minimum atomic E-state index is 0.524. The fourth-order valence-corrected chi connectivity index (χ4v) is 1.98. The second kappa shape index (κ2) is 2.78. The van der Waals surface area contributed by atoms with Crippen LogP contribution in [0.1, 0.15) is 34.1 Å². The first-order valence-electron chi connectivity index (χ1n) is 4.64. The van der Waals surface area contributed by atoms with Gasteiger partial charge >= 0.3 is 0 Å². The van der Waals surface area contributed by atoms with E-state index in [-0.39, 0.29) is 0 Å². The van der Waals surface area contributed by atoms with E-state index in [9.17, 15) is 0 Å². The third kappa shape index (κ3) is 1.96. The van der Waals surface area contributed by atoms with Gasteiger partial charge in [-0.3, -0.25) is 0 Å². The molecule has 0 radical (unpaired) electrons. The summed E-state index contributed by atoms with van der Waals surface area (Å²) in [6, 6.07) is 0.708. The van der Waals surface area contributed by atoms with Gasteiger partial charge in [-0.15, -0.1) is 0 Å². The fraction of sp³-hybridized carbons (Fsp3) is 1.00. The molecular weight excluding hydrogens is 134 g/mol. The summed E-state index contributed by atoms with van der Waals surface area (Å²) < 4.78 is 0. The van der Waals surface area contributed by atoms with E-state index in [1.54, 1.807) is 0 Å². The van der Waals surface area contributed by atoms with E-state index in [1.165, 1.54) is 6.42 Å². The molecule has 1 aliphatic carbocycles. The van der Waals surface area contributed by atoms with Crippen molar-refractivity contribution in [1.82, 2.24) is 5.32 Å². The van der Waals surface area contributed by atoms with Crippen molar-refractivity contribution < 1.29 is 0 Å². The van der Waals surface area contributed by atoms with Crippen molar-refractivity contribution in [2.75, 3.05) is 7.05 Å². The Balaban J connectivity index is 2.37. The second-order valence-electron chi connectivity index (χ2n) is 4.95. The van der Waals surface area contributed by atoms with Gasteiger partial charge in [-0.1, -0.05) is 20.8 Å². The van der Waals surface area contributed by atoms with Gasteiger partial charge in [-0.2, -0.15) is 0 Å². The number of nitrogens with one attached hydrogen (secondary N) is 1. The highest BCUT2D eigenvalue weighted by Crippen LogP contribution is 2.52. The SMILES string of the molecule is CNC(C)C1CC1C(C)(C)C. The lowest BCUT2D eigenvalue weighted by atomic mass is 9.88. The molecule has 66 valence electrons. The van der Waals surface area contributed by atoms with Crippen LogP contribution in [0.2, 0.25) is 0 Å². The molecule has 1 rings (SSSR count). The van der Waals surface area contributed by atoms with Crippen LogP contribution in [0.3, 0.4) is 0 Å². The van der Waals surface area contributed by atoms with Gasteiger partial charge in [0, 0.05) is 6.04 Å². The molecule has 1 fully saturated rings. The zero-order valence-electron chi connectivity index (χ0n) is 8.44. The smallest absolute Gasteiger partial charge is 0.00669 e. The van der Waals surface area contributed by atoms with Crippen LogP contribution in [-0.2, 0) is 0 Å². The van der Waals surface area contributed by atoms with Gasteiger partial charge < -0.3 is 5.32 Å². The maximum Gasteiger partial charge on any atom is 0.00669 e. The van der Waals surface area contributed by atoms with Crippen LogP contribution in [0.15, 0.2) is 0 Å². The van der Waals surface area contributed by atoms with Crippen LogP contribution in [-0.4, -0.2) is 13.1 Å². The number of rotatable bonds is 2. The molecule has 0 bridgehead atoms. The number of hydrogen-bond donors (Lipinski definition) is 1. The molecule has 1 aliphatic rings. The molecule has 0 heterocycles. The molecule has 0 spiro atoms. The third-order valence-corrected chi connectivity index (χ3v) is 3.05. The van der Waals surface area contributed by atoms with Crippen molar-refractivity contribution in [3.05, 3.63) is 0 Å². The van der Waals surface area contributed by atoms with E-state index in [1.807, 2.05) is 0 Å². The Hall–Kier alpha value is -0.0400. The lowest BCUT2D eigenvalue weighted by Crippen LogP contribution is -2.26. The molecule has 0 aromatic heterocycles. The molecule has 3 unspecified atom stereocenters. The maximum absolute atomic E-state index is 3.33. The van der Waals surface area contributed by atoms with Gasteiger partial charge in [0.2, 0.25) is 0 Å². The molecule has 0 saturated heterocycles. The lowest BCUT2D eigenvalue weighted by Gasteiger charge is -2.20. The lowest BCUT2D eigenvalue weighted by molar-refractivity contribution is 0.313. The molecule has 3 atom stereocenters. The molecule has 1 nitrogen and oxygen atoms in total. The van der Waals surface area contributed by atoms with Gasteiger partial charge in [-0.05, 0) is 37.6 Å². The summed E-state index contributed by atoms with van der Waals surface area (Å²) in [7, 11) is 2.06. The van der Waals surface area contributed by atoms with Crippen molar-refractivity contribution in [2.24, 2.45) is 17.3 Å². The quantitative estimate of drug-likeness (QED) is 0.645. The first-order valence-corrected chi connectivity index (χ1v) is 4.64. The summed E-state index contributed by atoms with van der Waals surface area (Å²) in [4.78, 5) is 0. The topological polar surface area (TPSA) is 12.0 Å². The van der Waals surface area contributed by atoms with Crippen molar-refractivity contribution in [3.63, 3.8) is 0 Å². The van der Waals surface area contributed by atoms with Crippen LogP contribution in [0.4, 0.5) is 0 Å². The van der Waals surface area contributed by atoms with E-state index in [4.69, 9.17) is 0 Å². The van der Waals surface area contributed by atoms with Gasteiger partial charge in [0.1, 0.15) is 0 Å². The predicted octanol–water partition coefficient (Wildman–Crippen LogP) is 2.28. The molecule has 0 aliphatic heterocycles. The van der Waals surface area contributed by atoms with E-state index >= 15 is 0 Å². The second-order valence-corrected chi connectivity index (χ2v) is 4.95. The minimum absolute atomic E-state index is 0.524. The third-order valence-electron chi connectivity index (χ3n) is 3.05. The summed E-state index contributed by atoms with van der Waals surface area (Å²) >= 11 is 0. The molecule has 0 amide bonds. The molecular formula is C10H21N. The van der Waals surface area contributed by atoms with Crippen LogP contribution < -0.4 is 5.32 Å². The predicted molar refractivity (Wildman–Crippen MR) is 49.6 cm³/mol. The van der Waals surface area contributed by atoms with Crippen molar-refractivity contribution in [2.45, 2.75) is 40.2 Å². The Kier molecular flexibility index (Phi) is 2.29. The van der Waals surface area contributed by atoms with E-state index in [0.29, 0.717) is 11.5 Å². The van der Waals surface area contributed by atoms with E-state index in [0.717, 1.165) is 11.8 Å². The summed E-state index contributed by atoms with van der Waals surface area (Å²) in [6.45, 7) is 9.33. The molecule has 1 saturated carbocycles. The average Bonchev–Trinajstić information content (AvgIpc) is 2.62. The first-order chi connectivity index (χ1) is 4.96. The highest BCUT2D eigenvalue weighted by molar-refractivity contribution is 4.98. The molecule has 0 aromatic carbocycles. The Labute approximate surface area is 70.6 Å². The normalized spacial score (nSPS) is 33.5. The summed E-state index contributed by atoms with van der Waals surface area (Å²) in [6.07, 6.45) is 1.42. The Morgan fingerprint density at radius 2 is 1.91 bits per heavy atom. The number of hydrogen-bond acceptors (Lipinski definition) is 1. The Bertz CT molecular complexity index is 134. The van der Waals surface area contributed by atoms with Crippen molar-refractivity contribution in [3.8, 4) is 0 Å². The molecule has 11 heavy (non-hydrogen) atoms. The monoisotopic (exact) mass is 155 g/mol. The van der Waals surface area contributed by atoms with Crippen LogP contribution in [0.5, 0.6) is 0 Å². The van der Waals surface area contributed by atoms with Crippen LogP contribution >= 0.6 is 0 Å².